The molecule has 2 aromatic carbocycles. The summed E-state index contributed by atoms with van der Waals surface area (Å²) in [5, 5.41) is 13.2. The SMILES string of the molecule is COc1cc(Cl)cc(CNc2ccc(O)cc2)c1OC(C)C. The van der Waals surface area contributed by atoms with E-state index in [4.69, 9.17) is 21.1 Å². The van der Waals surface area contributed by atoms with Gasteiger partial charge < -0.3 is 19.9 Å². The molecule has 0 radical (unpaired) electrons. The number of aromatic hydroxyl groups is 1. The van der Waals surface area contributed by atoms with Crippen LogP contribution in [0, 0.1) is 0 Å². The summed E-state index contributed by atoms with van der Waals surface area (Å²) < 4.78 is 11.2. The number of hydrogen-bond donors (Lipinski definition) is 2. The van der Waals surface area contributed by atoms with Crippen molar-refractivity contribution < 1.29 is 14.6 Å². The molecular weight excluding hydrogens is 302 g/mol. The first-order chi connectivity index (χ1) is 10.5. The Kier molecular flexibility index (Phi) is 5.39. The highest BCUT2D eigenvalue weighted by atomic mass is 35.5. The number of phenols is 1. The van der Waals surface area contributed by atoms with Crippen LogP contribution in [0.25, 0.3) is 0 Å². The van der Waals surface area contributed by atoms with Gasteiger partial charge in [-0.1, -0.05) is 11.6 Å². The molecule has 0 aromatic heterocycles. The van der Waals surface area contributed by atoms with Crippen molar-refractivity contribution >= 4 is 17.3 Å². The topological polar surface area (TPSA) is 50.7 Å². The molecule has 2 N–H and O–H groups in total. The van der Waals surface area contributed by atoms with Gasteiger partial charge in [-0.05, 0) is 44.2 Å². The van der Waals surface area contributed by atoms with E-state index in [1.807, 2.05) is 19.9 Å². The first-order valence-corrected chi connectivity index (χ1v) is 7.43. The largest absolute Gasteiger partial charge is 0.508 e. The van der Waals surface area contributed by atoms with E-state index in [-0.39, 0.29) is 11.9 Å². The van der Waals surface area contributed by atoms with Gasteiger partial charge in [-0.3, -0.25) is 0 Å². The second-order valence-corrected chi connectivity index (χ2v) is 5.60. The Morgan fingerprint density at radius 2 is 1.86 bits per heavy atom. The van der Waals surface area contributed by atoms with Crippen LogP contribution < -0.4 is 14.8 Å². The molecule has 0 aliphatic rings. The summed E-state index contributed by atoms with van der Waals surface area (Å²) in [5.41, 5.74) is 1.80. The highest BCUT2D eigenvalue weighted by Gasteiger charge is 2.14. The van der Waals surface area contributed by atoms with Crippen LogP contribution in [0.2, 0.25) is 5.02 Å². The molecule has 4 nitrogen and oxygen atoms in total. The minimum Gasteiger partial charge on any atom is -0.508 e. The first kappa shape index (κ1) is 16.3. The third-order valence-corrected chi connectivity index (χ3v) is 3.24. The fourth-order valence-electron chi connectivity index (χ4n) is 2.05. The average Bonchev–Trinajstić information content (AvgIpc) is 2.48. The molecule has 0 saturated heterocycles. The van der Waals surface area contributed by atoms with Gasteiger partial charge in [-0.2, -0.15) is 0 Å². The van der Waals surface area contributed by atoms with E-state index < -0.39 is 0 Å². The molecule has 0 unspecified atom stereocenters. The Morgan fingerprint density at radius 1 is 1.18 bits per heavy atom. The van der Waals surface area contributed by atoms with Crippen LogP contribution in [-0.4, -0.2) is 18.3 Å². The van der Waals surface area contributed by atoms with Crippen molar-refractivity contribution in [2.75, 3.05) is 12.4 Å². The lowest BCUT2D eigenvalue weighted by molar-refractivity contribution is 0.228. The van der Waals surface area contributed by atoms with Gasteiger partial charge in [0.2, 0.25) is 0 Å². The zero-order valence-electron chi connectivity index (χ0n) is 12.9. The number of nitrogens with one attached hydrogen (secondary N) is 1. The maximum atomic E-state index is 9.31. The zero-order chi connectivity index (χ0) is 16.1. The minimum absolute atomic E-state index is 0.0301. The normalized spacial score (nSPS) is 10.6. The number of ether oxygens (including phenoxy) is 2. The molecule has 0 atom stereocenters. The van der Waals surface area contributed by atoms with E-state index in [1.54, 1.807) is 37.4 Å². The fourth-order valence-corrected chi connectivity index (χ4v) is 2.28. The predicted molar refractivity (Wildman–Crippen MR) is 89.2 cm³/mol. The molecule has 0 aliphatic carbocycles. The average molecular weight is 322 g/mol. The van der Waals surface area contributed by atoms with E-state index in [0.717, 1.165) is 11.3 Å². The second-order valence-electron chi connectivity index (χ2n) is 5.16. The van der Waals surface area contributed by atoms with Crippen LogP contribution in [0.3, 0.4) is 0 Å². The number of benzene rings is 2. The number of methoxy groups -OCH3 is 1. The second kappa shape index (κ2) is 7.27. The Hall–Kier alpha value is -2.07. The van der Waals surface area contributed by atoms with Gasteiger partial charge in [-0.25, -0.2) is 0 Å². The van der Waals surface area contributed by atoms with Crippen molar-refractivity contribution in [2.24, 2.45) is 0 Å². The summed E-state index contributed by atoms with van der Waals surface area (Å²) in [6.45, 7) is 4.46. The van der Waals surface area contributed by atoms with Gasteiger partial charge in [0.05, 0.1) is 13.2 Å². The van der Waals surface area contributed by atoms with Gasteiger partial charge in [0, 0.05) is 28.9 Å². The monoisotopic (exact) mass is 321 g/mol. The van der Waals surface area contributed by atoms with Crippen molar-refractivity contribution in [1.29, 1.82) is 0 Å². The summed E-state index contributed by atoms with van der Waals surface area (Å²) in [7, 11) is 1.59. The van der Waals surface area contributed by atoms with Crippen molar-refractivity contribution in [2.45, 2.75) is 26.5 Å². The van der Waals surface area contributed by atoms with E-state index in [9.17, 15) is 5.11 Å². The Labute approximate surface area is 135 Å². The number of anilines is 1. The molecule has 0 aliphatic heterocycles. The zero-order valence-corrected chi connectivity index (χ0v) is 13.6. The lowest BCUT2D eigenvalue weighted by Crippen LogP contribution is -2.10. The summed E-state index contributed by atoms with van der Waals surface area (Å²) in [4.78, 5) is 0. The van der Waals surface area contributed by atoms with Crippen molar-refractivity contribution in [3.8, 4) is 17.2 Å². The van der Waals surface area contributed by atoms with Crippen LogP contribution >= 0.6 is 11.6 Å². The van der Waals surface area contributed by atoms with Gasteiger partial charge in [0.15, 0.2) is 11.5 Å². The smallest absolute Gasteiger partial charge is 0.166 e. The summed E-state index contributed by atoms with van der Waals surface area (Å²) in [6.07, 6.45) is 0.0301. The van der Waals surface area contributed by atoms with Crippen molar-refractivity contribution in [3.05, 3.63) is 47.0 Å². The fraction of sp³-hybridized carbons (Fsp3) is 0.294. The molecule has 22 heavy (non-hydrogen) atoms. The molecule has 0 spiro atoms. The van der Waals surface area contributed by atoms with E-state index in [1.165, 1.54) is 0 Å². The van der Waals surface area contributed by atoms with Crippen LogP contribution in [0.15, 0.2) is 36.4 Å². The van der Waals surface area contributed by atoms with Crippen LogP contribution in [0.1, 0.15) is 19.4 Å². The molecule has 2 rings (SSSR count). The number of phenolic OH excluding ortho intramolecular Hbond substituents is 1. The highest BCUT2D eigenvalue weighted by molar-refractivity contribution is 6.30. The lowest BCUT2D eigenvalue weighted by Gasteiger charge is -2.18. The molecule has 0 fully saturated rings. The number of rotatable bonds is 6. The van der Waals surface area contributed by atoms with Gasteiger partial charge >= 0.3 is 0 Å². The third kappa shape index (κ3) is 4.21. The van der Waals surface area contributed by atoms with Gasteiger partial charge in [0.1, 0.15) is 5.75 Å². The predicted octanol–water partition coefficient (Wildman–Crippen LogP) is 4.45. The van der Waals surface area contributed by atoms with Gasteiger partial charge in [0.25, 0.3) is 0 Å². The van der Waals surface area contributed by atoms with Crippen LogP contribution in [0.4, 0.5) is 5.69 Å². The summed E-state index contributed by atoms with van der Waals surface area (Å²) >= 11 is 6.14. The molecule has 0 bridgehead atoms. The molecule has 0 heterocycles. The van der Waals surface area contributed by atoms with E-state index >= 15 is 0 Å². The molecular formula is C17H20ClNO3. The van der Waals surface area contributed by atoms with Crippen LogP contribution in [-0.2, 0) is 6.54 Å². The molecule has 0 amide bonds. The molecule has 2 aromatic rings. The standard InChI is InChI=1S/C17H20ClNO3/c1-11(2)22-17-12(8-13(18)9-16(17)21-3)10-19-14-4-6-15(20)7-5-14/h4-9,11,19-20H,10H2,1-3H3. The molecule has 118 valence electrons. The lowest BCUT2D eigenvalue weighted by atomic mass is 10.1. The number of halogens is 1. The maximum Gasteiger partial charge on any atom is 0.166 e. The van der Waals surface area contributed by atoms with E-state index in [0.29, 0.717) is 23.1 Å². The van der Waals surface area contributed by atoms with Gasteiger partial charge in [-0.15, -0.1) is 0 Å². The Bertz CT molecular complexity index is 627. The van der Waals surface area contributed by atoms with Crippen molar-refractivity contribution in [3.63, 3.8) is 0 Å². The number of hydrogen-bond acceptors (Lipinski definition) is 4. The molecule has 0 saturated carbocycles. The van der Waals surface area contributed by atoms with E-state index in [2.05, 4.69) is 5.32 Å². The molecule has 5 heteroatoms. The summed E-state index contributed by atoms with van der Waals surface area (Å²) in [6, 6.07) is 10.5. The summed E-state index contributed by atoms with van der Waals surface area (Å²) in [5.74, 6) is 1.54. The first-order valence-electron chi connectivity index (χ1n) is 7.05. The van der Waals surface area contributed by atoms with Crippen molar-refractivity contribution in [1.82, 2.24) is 0 Å². The maximum absolute atomic E-state index is 9.31. The quantitative estimate of drug-likeness (QED) is 0.772. The Morgan fingerprint density at radius 3 is 2.45 bits per heavy atom. The third-order valence-electron chi connectivity index (χ3n) is 3.02. The van der Waals surface area contributed by atoms with Crippen LogP contribution in [0.5, 0.6) is 17.2 Å². The Balaban J connectivity index is 2.24. The minimum atomic E-state index is 0.0301. The highest BCUT2D eigenvalue weighted by Crippen LogP contribution is 2.36.